The largest absolute Gasteiger partial charge is 0.469 e. The maximum atomic E-state index is 13.3. The molecule has 1 aromatic rings. The zero-order chi connectivity index (χ0) is 20.0. The number of hydrogen-bond donors (Lipinski definition) is 0. The molecule has 1 atom stereocenters. The van der Waals surface area contributed by atoms with E-state index in [1.807, 2.05) is 20.8 Å². The quantitative estimate of drug-likeness (QED) is 0.733. The summed E-state index contributed by atoms with van der Waals surface area (Å²) >= 11 is 0. The molecule has 1 fully saturated rings. The summed E-state index contributed by atoms with van der Waals surface area (Å²) in [6.45, 7) is 7.94. The molecule has 150 valence electrons. The Balaban J connectivity index is 2.03. The van der Waals surface area contributed by atoms with Gasteiger partial charge in [0.1, 0.15) is 11.4 Å². The van der Waals surface area contributed by atoms with Gasteiger partial charge in [-0.15, -0.1) is 0 Å². The van der Waals surface area contributed by atoms with Crippen LogP contribution in [0.15, 0.2) is 24.3 Å². The molecular weight excluding hydrogens is 351 g/mol. The van der Waals surface area contributed by atoms with Crippen LogP contribution in [0, 0.1) is 5.82 Å². The summed E-state index contributed by atoms with van der Waals surface area (Å²) in [5, 5.41) is 0. The highest BCUT2D eigenvalue weighted by atomic mass is 19.1. The Morgan fingerprint density at radius 3 is 2.22 bits per heavy atom. The minimum atomic E-state index is -0.522. The molecule has 6 nitrogen and oxygen atoms in total. The Morgan fingerprint density at radius 2 is 1.70 bits per heavy atom. The summed E-state index contributed by atoms with van der Waals surface area (Å²) in [5.74, 6) is -0.560. The van der Waals surface area contributed by atoms with E-state index in [9.17, 15) is 14.0 Å². The first-order chi connectivity index (χ1) is 12.7. The molecule has 0 aromatic heterocycles. The number of methoxy groups -OCH3 is 1. The Kier molecular flexibility index (Phi) is 7.18. The van der Waals surface area contributed by atoms with Gasteiger partial charge in [-0.3, -0.25) is 9.69 Å². The lowest BCUT2D eigenvalue weighted by molar-refractivity contribution is -0.141. The second-order valence-electron chi connectivity index (χ2n) is 7.69. The smallest absolute Gasteiger partial charge is 0.410 e. The molecule has 27 heavy (non-hydrogen) atoms. The van der Waals surface area contributed by atoms with E-state index in [0.717, 1.165) is 5.56 Å². The second kappa shape index (κ2) is 9.17. The monoisotopic (exact) mass is 380 g/mol. The van der Waals surface area contributed by atoms with Crippen molar-refractivity contribution < 1.29 is 23.5 Å². The first kappa shape index (κ1) is 21.2. The van der Waals surface area contributed by atoms with Crippen molar-refractivity contribution in [2.24, 2.45) is 0 Å². The standard InChI is InChI=1S/C20H29FN2O4/c1-20(2,3)27-19(25)23-13-11-22(12-14-23)17(9-10-18(24)26-4)15-5-7-16(21)8-6-15/h5-8,17H,9-14H2,1-4H3. The van der Waals surface area contributed by atoms with Crippen molar-refractivity contribution in [3.8, 4) is 0 Å². The molecule has 1 saturated heterocycles. The predicted molar refractivity (Wildman–Crippen MR) is 99.8 cm³/mol. The number of nitrogens with zero attached hydrogens (tertiary/aromatic N) is 2. The molecule has 2 rings (SSSR count). The van der Waals surface area contributed by atoms with E-state index >= 15 is 0 Å². The van der Waals surface area contributed by atoms with E-state index in [0.29, 0.717) is 32.6 Å². The average Bonchev–Trinajstić information content (AvgIpc) is 2.62. The number of carbonyl (C=O) groups excluding carboxylic acids is 2. The van der Waals surface area contributed by atoms with Gasteiger partial charge >= 0.3 is 12.1 Å². The van der Waals surface area contributed by atoms with Gasteiger partial charge < -0.3 is 14.4 Å². The molecule has 0 radical (unpaired) electrons. The molecule has 0 bridgehead atoms. The predicted octanol–water partition coefficient (Wildman–Crippen LogP) is 3.37. The van der Waals surface area contributed by atoms with E-state index < -0.39 is 5.60 Å². The SMILES string of the molecule is COC(=O)CCC(c1ccc(F)cc1)N1CCN(C(=O)OC(C)(C)C)CC1. The summed E-state index contributed by atoms with van der Waals surface area (Å²) in [7, 11) is 1.37. The fourth-order valence-electron chi connectivity index (χ4n) is 3.14. The number of esters is 1. The Morgan fingerprint density at radius 1 is 1.11 bits per heavy atom. The molecule has 0 saturated carbocycles. The topological polar surface area (TPSA) is 59.1 Å². The van der Waals surface area contributed by atoms with Crippen molar-refractivity contribution >= 4 is 12.1 Å². The fraction of sp³-hybridized carbons (Fsp3) is 0.600. The van der Waals surface area contributed by atoms with Gasteiger partial charge in [-0.2, -0.15) is 0 Å². The minimum absolute atomic E-state index is 0.0366. The lowest BCUT2D eigenvalue weighted by Gasteiger charge is -2.39. The first-order valence-corrected chi connectivity index (χ1v) is 9.24. The van der Waals surface area contributed by atoms with Gasteiger partial charge in [-0.25, -0.2) is 9.18 Å². The third kappa shape index (κ3) is 6.50. The van der Waals surface area contributed by atoms with E-state index in [1.54, 1.807) is 17.0 Å². The van der Waals surface area contributed by atoms with Crippen LogP contribution in [-0.2, 0) is 14.3 Å². The van der Waals surface area contributed by atoms with Crippen molar-refractivity contribution in [2.75, 3.05) is 33.3 Å². The van der Waals surface area contributed by atoms with Crippen LogP contribution in [0.4, 0.5) is 9.18 Å². The summed E-state index contributed by atoms with van der Waals surface area (Å²) in [5.41, 5.74) is 0.428. The highest BCUT2D eigenvalue weighted by Gasteiger charge is 2.29. The van der Waals surface area contributed by atoms with E-state index in [2.05, 4.69) is 4.90 Å². The van der Waals surface area contributed by atoms with Gasteiger partial charge in [0.2, 0.25) is 0 Å². The van der Waals surface area contributed by atoms with E-state index in [1.165, 1.54) is 19.2 Å². The van der Waals surface area contributed by atoms with Crippen LogP contribution in [0.1, 0.15) is 45.2 Å². The van der Waals surface area contributed by atoms with Gasteiger partial charge in [-0.1, -0.05) is 12.1 Å². The van der Waals surface area contributed by atoms with Gasteiger partial charge in [0.05, 0.1) is 7.11 Å². The van der Waals surface area contributed by atoms with Crippen molar-refractivity contribution in [3.05, 3.63) is 35.6 Å². The number of ether oxygens (including phenoxy) is 2. The second-order valence-corrected chi connectivity index (χ2v) is 7.69. The zero-order valence-electron chi connectivity index (χ0n) is 16.5. The number of halogens is 1. The molecule has 1 aromatic carbocycles. The number of benzene rings is 1. The Hall–Kier alpha value is -2.15. The maximum Gasteiger partial charge on any atom is 0.410 e. The van der Waals surface area contributed by atoms with Crippen LogP contribution in [0.3, 0.4) is 0 Å². The number of piperazine rings is 1. The number of amides is 1. The van der Waals surface area contributed by atoms with Crippen LogP contribution in [0.5, 0.6) is 0 Å². The highest BCUT2D eigenvalue weighted by molar-refractivity contribution is 5.69. The molecule has 0 spiro atoms. The molecule has 0 N–H and O–H groups in total. The van der Waals surface area contributed by atoms with Crippen LogP contribution in [0.2, 0.25) is 0 Å². The van der Waals surface area contributed by atoms with Gasteiger partial charge in [0.25, 0.3) is 0 Å². The molecule has 0 aliphatic carbocycles. The average molecular weight is 380 g/mol. The van der Waals surface area contributed by atoms with Crippen LogP contribution < -0.4 is 0 Å². The maximum absolute atomic E-state index is 13.3. The molecular formula is C20H29FN2O4. The highest BCUT2D eigenvalue weighted by Crippen LogP contribution is 2.27. The summed E-state index contributed by atoms with van der Waals surface area (Å²) in [6, 6.07) is 6.31. The van der Waals surface area contributed by atoms with Gasteiger partial charge in [0.15, 0.2) is 0 Å². The first-order valence-electron chi connectivity index (χ1n) is 9.24. The Labute approximate surface area is 160 Å². The normalized spacial score (nSPS) is 16.7. The third-order valence-electron chi connectivity index (χ3n) is 4.51. The van der Waals surface area contributed by atoms with Crippen LogP contribution >= 0.6 is 0 Å². The van der Waals surface area contributed by atoms with Gasteiger partial charge in [0, 0.05) is 38.6 Å². The molecule has 7 heteroatoms. The van der Waals surface area contributed by atoms with Crippen molar-refractivity contribution in [1.82, 2.24) is 9.80 Å². The molecule has 1 amide bonds. The number of hydrogen-bond acceptors (Lipinski definition) is 5. The molecule has 1 aliphatic rings. The third-order valence-corrected chi connectivity index (χ3v) is 4.51. The summed E-state index contributed by atoms with van der Waals surface area (Å²) in [6.07, 6.45) is 0.547. The fourth-order valence-corrected chi connectivity index (χ4v) is 3.14. The van der Waals surface area contributed by atoms with Crippen LogP contribution in [-0.4, -0.2) is 60.8 Å². The molecule has 1 heterocycles. The van der Waals surface area contributed by atoms with Crippen LogP contribution in [0.25, 0.3) is 0 Å². The lowest BCUT2D eigenvalue weighted by Crippen LogP contribution is -2.50. The minimum Gasteiger partial charge on any atom is -0.469 e. The summed E-state index contributed by atoms with van der Waals surface area (Å²) < 4.78 is 23.5. The van der Waals surface area contributed by atoms with Crippen molar-refractivity contribution in [3.63, 3.8) is 0 Å². The lowest BCUT2D eigenvalue weighted by atomic mass is 9.99. The zero-order valence-corrected chi connectivity index (χ0v) is 16.5. The van der Waals surface area contributed by atoms with E-state index in [-0.39, 0.29) is 30.3 Å². The summed E-state index contributed by atoms with van der Waals surface area (Å²) in [4.78, 5) is 27.7. The van der Waals surface area contributed by atoms with E-state index in [4.69, 9.17) is 9.47 Å². The number of carbonyl (C=O) groups is 2. The van der Waals surface area contributed by atoms with Crippen molar-refractivity contribution in [2.45, 2.75) is 45.3 Å². The number of rotatable bonds is 5. The molecule has 1 unspecified atom stereocenters. The Bertz CT molecular complexity index is 634. The van der Waals surface area contributed by atoms with Crippen molar-refractivity contribution in [1.29, 1.82) is 0 Å². The van der Waals surface area contributed by atoms with Gasteiger partial charge in [-0.05, 0) is 44.9 Å². The molecule has 1 aliphatic heterocycles.